The summed E-state index contributed by atoms with van der Waals surface area (Å²) in [6.45, 7) is 2.02. The minimum Gasteiger partial charge on any atom is -0.279 e. The molecule has 0 aliphatic carbocycles. The molecule has 0 bridgehead atoms. The summed E-state index contributed by atoms with van der Waals surface area (Å²) in [4.78, 5) is 30.0. The number of hydrogen-bond acceptors (Lipinski definition) is 3. The van der Waals surface area contributed by atoms with Crippen molar-refractivity contribution in [3.05, 3.63) is 86.2 Å². The number of halogens is 1. The van der Waals surface area contributed by atoms with E-state index in [9.17, 15) is 9.59 Å². The van der Waals surface area contributed by atoms with Gasteiger partial charge in [-0.1, -0.05) is 35.9 Å². The van der Waals surface area contributed by atoms with Gasteiger partial charge in [-0.05, 0) is 36.8 Å². The van der Waals surface area contributed by atoms with Gasteiger partial charge in [0.25, 0.3) is 5.56 Å². The molecule has 3 aromatic heterocycles. The molecule has 2 aromatic carbocycles. The molecule has 5 aromatic rings. The molecule has 0 fully saturated rings. The molecule has 0 atom stereocenters. The zero-order valence-electron chi connectivity index (χ0n) is 16.6. The third kappa shape index (κ3) is 2.55. The van der Waals surface area contributed by atoms with E-state index in [1.807, 2.05) is 60.2 Å². The fraction of sp³-hybridized carbons (Fsp3) is 0.136. The first-order valence-corrected chi connectivity index (χ1v) is 9.77. The van der Waals surface area contributed by atoms with Gasteiger partial charge in [0.05, 0.1) is 5.69 Å². The van der Waals surface area contributed by atoms with Crippen LogP contribution in [0.15, 0.2) is 64.3 Å². The molecule has 0 spiro atoms. The van der Waals surface area contributed by atoms with E-state index >= 15 is 0 Å². The van der Waals surface area contributed by atoms with Gasteiger partial charge in [-0.2, -0.15) is 4.98 Å². The molecule has 0 saturated carbocycles. The summed E-state index contributed by atoms with van der Waals surface area (Å²) < 4.78 is 6.23. The Kier molecular flexibility index (Phi) is 3.98. The number of imidazole rings is 2. The summed E-state index contributed by atoms with van der Waals surface area (Å²) in [6, 6.07) is 15.6. The number of benzene rings is 2. The minimum absolute atomic E-state index is 0.349. The van der Waals surface area contributed by atoms with Crippen molar-refractivity contribution in [2.24, 2.45) is 14.1 Å². The standard InChI is InChI=1S/C22H18ClN5O2/c1-13-5-4-6-16(11-13)28-17(14-7-9-15(23)10-8-14)12-27-18-19(24-21(27)28)25(2)22(30)26(3)20(18)29/h4-12H,1-3H3. The van der Waals surface area contributed by atoms with Crippen molar-refractivity contribution < 1.29 is 0 Å². The van der Waals surface area contributed by atoms with Gasteiger partial charge >= 0.3 is 5.69 Å². The predicted molar refractivity (Wildman–Crippen MR) is 118 cm³/mol. The van der Waals surface area contributed by atoms with E-state index < -0.39 is 5.69 Å². The lowest BCUT2D eigenvalue weighted by Gasteiger charge is -2.10. The summed E-state index contributed by atoms with van der Waals surface area (Å²) >= 11 is 6.08. The van der Waals surface area contributed by atoms with Crippen LogP contribution in [0.2, 0.25) is 5.02 Å². The Morgan fingerprint density at radius 2 is 1.70 bits per heavy atom. The van der Waals surface area contributed by atoms with Crippen molar-refractivity contribution in [2.75, 3.05) is 0 Å². The zero-order chi connectivity index (χ0) is 21.2. The first-order valence-electron chi connectivity index (χ1n) is 9.39. The summed E-state index contributed by atoms with van der Waals surface area (Å²) in [5, 5.41) is 0.645. The zero-order valence-corrected chi connectivity index (χ0v) is 17.4. The van der Waals surface area contributed by atoms with Gasteiger partial charge in [0.1, 0.15) is 0 Å². The predicted octanol–water partition coefficient (Wildman–Crippen LogP) is 3.30. The number of nitrogens with zero attached hydrogens (tertiary/aromatic N) is 5. The van der Waals surface area contributed by atoms with Gasteiger partial charge < -0.3 is 0 Å². The first kappa shape index (κ1) is 18.4. The fourth-order valence-electron chi connectivity index (χ4n) is 3.82. The number of hydrogen-bond donors (Lipinski definition) is 0. The van der Waals surface area contributed by atoms with Crippen LogP contribution in [-0.2, 0) is 14.1 Å². The number of fused-ring (bicyclic) bond motifs is 3. The Balaban J connectivity index is 1.97. The van der Waals surface area contributed by atoms with Gasteiger partial charge in [0.15, 0.2) is 11.2 Å². The van der Waals surface area contributed by atoms with E-state index in [0.717, 1.165) is 27.1 Å². The normalized spacial score (nSPS) is 11.6. The second-order valence-electron chi connectivity index (χ2n) is 7.36. The van der Waals surface area contributed by atoms with E-state index in [1.165, 1.54) is 11.6 Å². The van der Waals surface area contributed by atoms with Crippen molar-refractivity contribution >= 4 is 28.5 Å². The van der Waals surface area contributed by atoms with Gasteiger partial charge in [-0.3, -0.25) is 22.9 Å². The Hall–Kier alpha value is -3.58. The Labute approximate surface area is 176 Å². The summed E-state index contributed by atoms with van der Waals surface area (Å²) in [5.41, 5.74) is 3.71. The van der Waals surface area contributed by atoms with Crippen LogP contribution in [0, 0.1) is 6.92 Å². The van der Waals surface area contributed by atoms with Crippen molar-refractivity contribution in [1.29, 1.82) is 0 Å². The molecule has 0 aliphatic rings. The average Bonchev–Trinajstić information content (AvgIpc) is 3.27. The molecule has 150 valence electrons. The molecule has 0 amide bonds. The van der Waals surface area contributed by atoms with Crippen molar-refractivity contribution in [3.63, 3.8) is 0 Å². The van der Waals surface area contributed by atoms with Crippen LogP contribution in [0.4, 0.5) is 0 Å². The summed E-state index contributed by atoms with van der Waals surface area (Å²) in [5.74, 6) is 0.554. The minimum atomic E-state index is -0.409. The molecular weight excluding hydrogens is 402 g/mol. The van der Waals surface area contributed by atoms with E-state index in [-0.39, 0.29) is 5.56 Å². The topological polar surface area (TPSA) is 66.2 Å². The highest BCUT2D eigenvalue weighted by Crippen LogP contribution is 2.29. The van der Waals surface area contributed by atoms with Gasteiger partial charge in [-0.15, -0.1) is 0 Å². The van der Waals surface area contributed by atoms with Crippen LogP contribution >= 0.6 is 11.6 Å². The molecule has 0 aliphatic heterocycles. The summed E-state index contributed by atoms with van der Waals surface area (Å²) in [7, 11) is 3.09. The average molecular weight is 420 g/mol. The molecule has 0 radical (unpaired) electrons. The van der Waals surface area contributed by atoms with Gasteiger partial charge in [-0.25, -0.2) is 4.79 Å². The molecule has 30 heavy (non-hydrogen) atoms. The molecule has 8 heteroatoms. The Bertz CT molecular complexity index is 1570. The van der Waals surface area contributed by atoms with Crippen molar-refractivity contribution in [3.8, 4) is 16.9 Å². The van der Waals surface area contributed by atoms with Gasteiger partial charge in [0, 0.05) is 36.6 Å². The van der Waals surface area contributed by atoms with E-state index in [4.69, 9.17) is 16.6 Å². The second-order valence-corrected chi connectivity index (χ2v) is 7.79. The van der Waals surface area contributed by atoms with Gasteiger partial charge in [0.2, 0.25) is 5.78 Å². The first-order chi connectivity index (χ1) is 14.4. The lowest BCUT2D eigenvalue weighted by Crippen LogP contribution is -2.37. The molecule has 0 saturated heterocycles. The highest BCUT2D eigenvalue weighted by atomic mass is 35.5. The van der Waals surface area contributed by atoms with Crippen molar-refractivity contribution in [2.45, 2.75) is 6.92 Å². The highest BCUT2D eigenvalue weighted by molar-refractivity contribution is 6.30. The molecule has 5 rings (SSSR count). The second kappa shape index (κ2) is 6.47. The number of aryl methyl sites for hydroxylation is 2. The van der Waals surface area contributed by atoms with Crippen LogP contribution in [-0.4, -0.2) is 23.1 Å². The monoisotopic (exact) mass is 419 g/mol. The molecular formula is C22H18ClN5O2. The third-order valence-electron chi connectivity index (χ3n) is 5.36. The maximum absolute atomic E-state index is 12.9. The number of aromatic nitrogens is 5. The van der Waals surface area contributed by atoms with E-state index in [0.29, 0.717) is 22.0 Å². The smallest absolute Gasteiger partial charge is 0.279 e. The van der Waals surface area contributed by atoms with Crippen LogP contribution in [0.3, 0.4) is 0 Å². The number of rotatable bonds is 2. The maximum Gasteiger partial charge on any atom is 0.332 e. The van der Waals surface area contributed by atoms with Crippen LogP contribution in [0.25, 0.3) is 33.9 Å². The van der Waals surface area contributed by atoms with E-state index in [1.54, 1.807) is 11.4 Å². The van der Waals surface area contributed by atoms with Crippen LogP contribution < -0.4 is 11.2 Å². The van der Waals surface area contributed by atoms with E-state index in [2.05, 4.69) is 6.07 Å². The maximum atomic E-state index is 12.9. The molecule has 0 N–H and O–H groups in total. The SMILES string of the molecule is Cc1cccc(-n2c(-c3ccc(Cl)cc3)cn3c4c(=O)n(C)c(=O)n(C)c4nc23)c1. The molecule has 7 nitrogen and oxygen atoms in total. The third-order valence-corrected chi connectivity index (χ3v) is 5.62. The van der Waals surface area contributed by atoms with Crippen LogP contribution in [0.1, 0.15) is 5.56 Å². The molecule has 0 unspecified atom stereocenters. The highest BCUT2D eigenvalue weighted by Gasteiger charge is 2.21. The lowest BCUT2D eigenvalue weighted by atomic mass is 10.1. The quantitative estimate of drug-likeness (QED) is 0.441. The fourth-order valence-corrected chi connectivity index (χ4v) is 3.94. The molecule has 3 heterocycles. The summed E-state index contributed by atoms with van der Waals surface area (Å²) in [6.07, 6.45) is 1.88. The largest absolute Gasteiger partial charge is 0.332 e. The lowest BCUT2D eigenvalue weighted by molar-refractivity contribution is 0.708. The Morgan fingerprint density at radius 1 is 0.967 bits per heavy atom. The Morgan fingerprint density at radius 3 is 2.40 bits per heavy atom. The van der Waals surface area contributed by atoms with Crippen LogP contribution in [0.5, 0.6) is 0 Å². The van der Waals surface area contributed by atoms with Crippen molar-refractivity contribution in [1.82, 2.24) is 23.1 Å².